The quantitative estimate of drug-likeness (QED) is 0.287. The smallest absolute Gasteiger partial charge is 0.354 e. The number of aromatic nitrogens is 2. The van der Waals surface area contributed by atoms with Crippen LogP contribution in [0.4, 0.5) is 5.69 Å². The highest BCUT2D eigenvalue weighted by Gasteiger charge is 2.23. The van der Waals surface area contributed by atoms with Crippen molar-refractivity contribution in [3.05, 3.63) is 71.5 Å². The van der Waals surface area contributed by atoms with Gasteiger partial charge in [0.25, 0.3) is 0 Å². The van der Waals surface area contributed by atoms with E-state index in [1.165, 1.54) is 25.7 Å². The molecule has 1 aliphatic rings. The van der Waals surface area contributed by atoms with Crippen LogP contribution in [0.2, 0.25) is 5.02 Å². The van der Waals surface area contributed by atoms with Gasteiger partial charge in [-0.05, 0) is 75.2 Å². The standard InChI is InChI=1S/C28H28ClN3O3/c1-17(2)35-22-11-9-21(10-12-22)32-25-14-7-18(15-23(25)26(29)27(32)28(33)34)24-13-8-20(16-30-24)31-19-5-3-4-6-19/h7-17,19,31H,3-6H2,1-2H3,(H,33,34). The van der Waals surface area contributed by atoms with Crippen LogP contribution in [-0.4, -0.2) is 32.8 Å². The van der Waals surface area contributed by atoms with Gasteiger partial charge in [0.05, 0.1) is 34.2 Å². The van der Waals surface area contributed by atoms with Crippen LogP contribution >= 0.6 is 11.6 Å². The maximum absolute atomic E-state index is 12.2. The van der Waals surface area contributed by atoms with E-state index in [0.29, 0.717) is 22.6 Å². The third-order valence-electron chi connectivity index (χ3n) is 6.36. The monoisotopic (exact) mass is 489 g/mol. The van der Waals surface area contributed by atoms with Crippen LogP contribution in [0.1, 0.15) is 50.0 Å². The molecule has 0 bridgehead atoms. The maximum Gasteiger partial charge on any atom is 0.354 e. The molecular formula is C28H28ClN3O3. The number of halogens is 1. The first-order valence-electron chi connectivity index (χ1n) is 12.0. The topological polar surface area (TPSA) is 76.4 Å². The van der Waals surface area contributed by atoms with Crippen LogP contribution in [0.25, 0.3) is 27.8 Å². The molecule has 1 saturated carbocycles. The molecule has 6 nitrogen and oxygen atoms in total. The van der Waals surface area contributed by atoms with Gasteiger partial charge in [0.2, 0.25) is 0 Å². The predicted octanol–water partition coefficient (Wildman–Crippen LogP) is 7.19. The molecule has 0 atom stereocenters. The van der Waals surface area contributed by atoms with E-state index in [-0.39, 0.29) is 16.8 Å². The number of carboxylic acids is 1. The molecule has 5 rings (SSSR count). The summed E-state index contributed by atoms with van der Waals surface area (Å²) in [6.45, 7) is 3.92. The fourth-order valence-electron chi connectivity index (χ4n) is 4.77. The zero-order chi connectivity index (χ0) is 24.5. The summed E-state index contributed by atoms with van der Waals surface area (Å²) in [6.07, 6.45) is 6.86. The molecule has 4 aromatic rings. The molecule has 0 amide bonds. The summed E-state index contributed by atoms with van der Waals surface area (Å²) < 4.78 is 7.39. The van der Waals surface area contributed by atoms with E-state index in [9.17, 15) is 9.90 Å². The number of carboxylic acid groups (broad SMARTS) is 1. The Kier molecular flexibility index (Phi) is 6.39. The van der Waals surface area contributed by atoms with Gasteiger partial charge in [-0.25, -0.2) is 4.79 Å². The van der Waals surface area contributed by atoms with Crippen molar-refractivity contribution in [3.8, 4) is 22.7 Å². The third kappa shape index (κ3) is 4.71. The number of nitrogens with zero attached hydrogens (tertiary/aromatic N) is 2. The molecule has 2 aromatic carbocycles. The lowest BCUT2D eigenvalue weighted by Gasteiger charge is -2.13. The summed E-state index contributed by atoms with van der Waals surface area (Å²) in [6, 6.07) is 17.6. The highest BCUT2D eigenvalue weighted by atomic mass is 35.5. The van der Waals surface area contributed by atoms with Crippen molar-refractivity contribution in [2.75, 3.05) is 5.32 Å². The summed E-state index contributed by atoms with van der Waals surface area (Å²) in [5, 5.41) is 14.4. The number of benzene rings is 2. The second kappa shape index (κ2) is 9.62. The molecule has 35 heavy (non-hydrogen) atoms. The second-order valence-electron chi connectivity index (χ2n) is 9.25. The number of rotatable bonds is 7. The Labute approximate surface area is 209 Å². The van der Waals surface area contributed by atoms with Gasteiger partial charge in [-0.3, -0.25) is 4.98 Å². The maximum atomic E-state index is 12.2. The van der Waals surface area contributed by atoms with E-state index in [1.54, 1.807) is 4.57 Å². The normalized spacial score (nSPS) is 14.1. The minimum atomic E-state index is -1.09. The Bertz CT molecular complexity index is 1360. The van der Waals surface area contributed by atoms with Crippen molar-refractivity contribution in [1.82, 2.24) is 9.55 Å². The lowest BCUT2D eigenvalue weighted by atomic mass is 10.1. The average Bonchev–Trinajstić information content (AvgIpc) is 3.45. The van der Waals surface area contributed by atoms with E-state index in [4.69, 9.17) is 16.3 Å². The third-order valence-corrected chi connectivity index (χ3v) is 6.74. The van der Waals surface area contributed by atoms with Gasteiger partial charge in [-0.2, -0.15) is 0 Å². The van der Waals surface area contributed by atoms with E-state index in [2.05, 4.69) is 10.3 Å². The fraction of sp³-hybridized carbons (Fsp3) is 0.286. The Balaban J connectivity index is 1.51. The van der Waals surface area contributed by atoms with Crippen molar-refractivity contribution in [3.63, 3.8) is 0 Å². The molecule has 0 aliphatic heterocycles. The highest BCUT2D eigenvalue weighted by Crippen LogP contribution is 2.36. The molecule has 1 aliphatic carbocycles. The van der Waals surface area contributed by atoms with Gasteiger partial charge in [-0.1, -0.05) is 30.5 Å². The summed E-state index contributed by atoms with van der Waals surface area (Å²) in [5.41, 5.74) is 4.14. The SMILES string of the molecule is CC(C)Oc1ccc(-n2c(C(=O)O)c(Cl)c3cc(-c4ccc(NC5CCCC5)cn4)ccc32)cc1. The first-order chi connectivity index (χ1) is 16.9. The number of aromatic carboxylic acids is 1. The van der Waals surface area contributed by atoms with E-state index in [1.807, 2.05) is 74.6 Å². The molecule has 0 saturated heterocycles. The Hall–Kier alpha value is -3.51. The molecular weight excluding hydrogens is 462 g/mol. The van der Waals surface area contributed by atoms with Crippen molar-refractivity contribution in [2.45, 2.75) is 51.7 Å². The van der Waals surface area contributed by atoms with Crippen molar-refractivity contribution in [2.24, 2.45) is 0 Å². The largest absolute Gasteiger partial charge is 0.491 e. The molecule has 7 heteroatoms. The summed E-state index contributed by atoms with van der Waals surface area (Å²) >= 11 is 6.63. The number of pyridine rings is 1. The first kappa shape index (κ1) is 23.2. The molecule has 1 fully saturated rings. The van der Waals surface area contributed by atoms with Gasteiger partial charge in [-0.15, -0.1) is 0 Å². The van der Waals surface area contributed by atoms with Crippen molar-refractivity contribution >= 4 is 34.2 Å². The van der Waals surface area contributed by atoms with Crippen LogP contribution in [0, 0.1) is 0 Å². The number of hydrogen-bond donors (Lipinski definition) is 2. The van der Waals surface area contributed by atoms with Crippen LogP contribution < -0.4 is 10.1 Å². The van der Waals surface area contributed by atoms with E-state index < -0.39 is 5.97 Å². The fourth-order valence-corrected chi connectivity index (χ4v) is 5.09. The molecule has 2 heterocycles. The number of anilines is 1. The number of fused-ring (bicyclic) bond motifs is 1. The predicted molar refractivity (Wildman–Crippen MR) is 140 cm³/mol. The number of nitrogens with one attached hydrogen (secondary N) is 1. The van der Waals surface area contributed by atoms with Crippen molar-refractivity contribution in [1.29, 1.82) is 0 Å². The van der Waals surface area contributed by atoms with Gasteiger partial charge >= 0.3 is 5.97 Å². The first-order valence-corrected chi connectivity index (χ1v) is 12.4. The zero-order valence-electron chi connectivity index (χ0n) is 19.8. The van der Waals surface area contributed by atoms with E-state index in [0.717, 1.165) is 22.7 Å². The zero-order valence-corrected chi connectivity index (χ0v) is 20.5. The average molecular weight is 490 g/mol. The van der Waals surface area contributed by atoms with Crippen LogP contribution in [0.15, 0.2) is 60.8 Å². The highest BCUT2D eigenvalue weighted by molar-refractivity contribution is 6.38. The molecule has 0 spiro atoms. The Morgan fingerprint density at radius 1 is 1.11 bits per heavy atom. The molecule has 180 valence electrons. The van der Waals surface area contributed by atoms with Crippen LogP contribution in [0.5, 0.6) is 5.75 Å². The molecule has 2 N–H and O–H groups in total. The lowest BCUT2D eigenvalue weighted by molar-refractivity contribution is 0.0689. The number of carbonyl (C=O) groups is 1. The van der Waals surface area contributed by atoms with Crippen LogP contribution in [0.3, 0.4) is 0 Å². The van der Waals surface area contributed by atoms with E-state index >= 15 is 0 Å². The Morgan fingerprint density at radius 2 is 1.86 bits per heavy atom. The summed E-state index contributed by atoms with van der Waals surface area (Å²) in [5.74, 6) is -0.363. The number of hydrogen-bond acceptors (Lipinski definition) is 4. The minimum absolute atomic E-state index is 0.0282. The Morgan fingerprint density at radius 3 is 2.49 bits per heavy atom. The number of ether oxygens (including phenoxy) is 1. The molecule has 2 aromatic heterocycles. The summed E-state index contributed by atoms with van der Waals surface area (Å²) in [7, 11) is 0. The van der Waals surface area contributed by atoms with Gasteiger partial charge < -0.3 is 19.7 Å². The van der Waals surface area contributed by atoms with Crippen molar-refractivity contribution < 1.29 is 14.6 Å². The molecule has 0 unspecified atom stereocenters. The summed E-state index contributed by atoms with van der Waals surface area (Å²) in [4.78, 5) is 16.8. The van der Waals surface area contributed by atoms with Gasteiger partial charge in [0.15, 0.2) is 5.69 Å². The van der Waals surface area contributed by atoms with Gasteiger partial charge in [0, 0.05) is 22.7 Å². The molecule has 0 radical (unpaired) electrons. The van der Waals surface area contributed by atoms with Crippen LogP contribution in [-0.2, 0) is 0 Å². The lowest BCUT2D eigenvalue weighted by Crippen LogP contribution is -2.14. The minimum Gasteiger partial charge on any atom is -0.491 e. The second-order valence-corrected chi connectivity index (χ2v) is 9.63. The van der Waals surface area contributed by atoms with Gasteiger partial charge in [0.1, 0.15) is 5.75 Å².